The topological polar surface area (TPSA) is 45.7 Å². The second-order valence-electron chi connectivity index (χ2n) is 5.32. The summed E-state index contributed by atoms with van der Waals surface area (Å²) in [4.78, 5) is 5.33. The Balaban J connectivity index is 0.00000338. The first-order chi connectivity index (χ1) is 11.9. The fourth-order valence-corrected chi connectivity index (χ4v) is 2.94. The molecule has 0 saturated heterocycles. The van der Waals surface area contributed by atoms with E-state index < -0.39 is 12.8 Å². The highest BCUT2D eigenvalue weighted by atomic mass is 127. The van der Waals surface area contributed by atoms with Gasteiger partial charge in [-0.3, -0.25) is 4.99 Å². The van der Waals surface area contributed by atoms with Crippen molar-refractivity contribution in [2.45, 2.75) is 26.2 Å². The van der Waals surface area contributed by atoms with Crippen molar-refractivity contribution in [2.24, 2.45) is 4.99 Å². The molecule has 0 spiro atoms. The van der Waals surface area contributed by atoms with Crippen LogP contribution in [-0.4, -0.2) is 25.8 Å². The lowest BCUT2D eigenvalue weighted by Crippen LogP contribution is -2.36. The van der Waals surface area contributed by atoms with Gasteiger partial charge < -0.3 is 15.4 Å². The molecule has 4 nitrogen and oxygen atoms in total. The summed E-state index contributed by atoms with van der Waals surface area (Å²) in [5.41, 5.74) is 1.83. The van der Waals surface area contributed by atoms with Crippen LogP contribution < -0.4 is 15.4 Å². The molecule has 2 N–H and O–H groups in total. The van der Waals surface area contributed by atoms with Gasteiger partial charge in [-0.2, -0.15) is 13.2 Å². The van der Waals surface area contributed by atoms with Crippen molar-refractivity contribution < 1.29 is 17.9 Å². The van der Waals surface area contributed by atoms with E-state index in [9.17, 15) is 13.2 Å². The number of alkyl halides is 3. The maximum atomic E-state index is 12.3. The van der Waals surface area contributed by atoms with Crippen molar-refractivity contribution in [1.82, 2.24) is 10.6 Å². The molecule has 0 bridgehead atoms. The van der Waals surface area contributed by atoms with Gasteiger partial charge in [0.25, 0.3) is 0 Å². The standard InChI is InChI=1S/C17H20F3N3OS.HI/c1-12-7-8-25-15(12)10-23-16(21-2)22-9-13-5-3-4-6-14(13)24-11-17(18,19)20;/h3-8H,9-11H2,1-2H3,(H2,21,22,23);1H. The van der Waals surface area contributed by atoms with Crippen molar-refractivity contribution in [1.29, 1.82) is 0 Å². The zero-order chi connectivity index (χ0) is 18.3. The van der Waals surface area contributed by atoms with Gasteiger partial charge >= 0.3 is 6.18 Å². The van der Waals surface area contributed by atoms with Gasteiger partial charge in [0.05, 0.1) is 6.54 Å². The zero-order valence-electron chi connectivity index (χ0n) is 14.4. The third-order valence-corrected chi connectivity index (χ3v) is 4.44. The summed E-state index contributed by atoms with van der Waals surface area (Å²) in [6.07, 6.45) is -4.36. The number of rotatable bonds is 6. The van der Waals surface area contributed by atoms with Crippen LogP contribution in [0.15, 0.2) is 40.7 Å². The van der Waals surface area contributed by atoms with Crippen molar-refractivity contribution in [2.75, 3.05) is 13.7 Å². The maximum Gasteiger partial charge on any atom is 0.422 e. The summed E-state index contributed by atoms with van der Waals surface area (Å²) in [5.74, 6) is 0.773. The number of benzene rings is 1. The number of guanidine groups is 1. The minimum absolute atomic E-state index is 0. The van der Waals surface area contributed by atoms with Crippen molar-refractivity contribution >= 4 is 41.3 Å². The summed E-state index contributed by atoms with van der Waals surface area (Å²) >= 11 is 1.66. The molecule has 2 rings (SSSR count). The molecule has 0 saturated carbocycles. The summed E-state index contributed by atoms with van der Waals surface area (Å²) in [7, 11) is 1.64. The molecule has 0 aliphatic carbocycles. The van der Waals surface area contributed by atoms with E-state index in [-0.39, 0.29) is 29.7 Å². The Bertz CT molecular complexity index is 719. The number of ether oxygens (including phenoxy) is 1. The minimum atomic E-state index is -4.36. The Kier molecular flexibility index (Phi) is 9.20. The normalized spacial score (nSPS) is 11.7. The van der Waals surface area contributed by atoms with E-state index in [2.05, 4.69) is 15.6 Å². The second kappa shape index (κ2) is 10.6. The van der Waals surface area contributed by atoms with Gasteiger partial charge in [-0.1, -0.05) is 18.2 Å². The van der Waals surface area contributed by atoms with Crippen LogP contribution in [-0.2, 0) is 13.1 Å². The highest BCUT2D eigenvalue weighted by Gasteiger charge is 2.28. The van der Waals surface area contributed by atoms with Crippen LogP contribution in [0.1, 0.15) is 16.0 Å². The smallest absolute Gasteiger partial charge is 0.422 e. The number of halogens is 4. The molecule has 0 aliphatic rings. The zero-order valence-corrected chi connectivity index (χ0v) is 17.5. The van der Waals surface area contributed by atoms with Crippen LogP contribution in [0, 0.1) is 6.92 Å². The van der Waals surface area contributed by atoms with E-state index in [0.29, 0.717) is 24.6 Å². The van der Waals surface area contributed by atoms with E-state index in [1.54, 1.807) is 36.6 Å². The first kappa shape index (κ1) is 22.6. The van der Waals surface area contributed by atoms with Gasteiger partial charge in [-0.25, -0.2) is 0 Å². The molecule has 0 radical (unpaired) electrons. The Morgan fingerprint density at radius 2 is 1.85 bits per heavy atom. The molecule has 26 heavy (non-hydrogen) atoms. The molecule has 144 valence electrons. The van der Waals surface area contributed by atoms with Crippen LogP contribution in [0.2, 0.25) is 0 Å². The van der Waals surface area contributed by atoms with E-state index in [1.807, 2.05) is 18.4 Å². The molecule has 1 aromatic carbocycles. The monoisotopic (exact) mass is 499 g/mol. The number of para-hydroxylation sites is 1. The lowest BCUT2D eigenvalue weighted by Gasteiger charge is -2.15. The molecule has 9 heteroatoms. The number of thiophene rings is 1. The molecular formula is C17H21F3IN3OS. The second-order valence-corrected chi connectivity index (χ2v) is 6.32. The Labute approximate surface area is 171 Å². The average molecular weight is 499 g/mol. The van der Waals surface area contributed by atoms with Crippen molar-refractivity contribution in [3.63, 3.8) is 0 Å². The minimum Gasteiger partial charge on any atom is -0.484 e. The van der Waals surface area contributed by atoms with E-state index in [1.165, 1.54) is 16.5 Å². The highest BCUT2D eigenvalue weighted by molar-refractivity contribution is 14.0. The fourth-order valence-electron chi connectivity index (χ4n) is 2.10. The molecule has 0 unspecified atom stereocenters. The van der Waals surface area contributed by atoms with Gasteiger partial charge in [0.15, 0.2) is 12.6 Å². The molecule has 2 aromatic rings. The lowest BCUT2D eigenvalue weighted by atomic mass is 10.2. The predicted molar refractivity (Wildman–Crippen MR) is 110 cm³/mol. The first-order valence-corrected chi connectivity index (χ1v) is 8.52. The fraction of sp³-hybridized carbons (Fsp3) is 0.353. The van der Waals surface area contributed by atoms with E-state index in [0.717, 1.165) is 0 Å². The van der Waals surface area contributed by atoms with Crippen LogP contribution in [0.5, 0.6) is 5.75 Å². The average Bonchev–Trinajstić information content (AvgIpc) is 2.98. The largest absolute Gasteiger partial charge is 0.484 e. The van der Waals surface area contributed by atoms with Crippen LogP contribution in [0.4, 0.5) is 13.2 Å². The number of hydrogen-bond acceptors (Lipinski definition) is 3. The number of hydrogen-bond donors (Lipinski definition) is 2. The summed E-state index contributed by atoms with van der Waals surface area (Å²) in [6.45, 7) is 1.67. The van der Waals surface area contributed by atoms with Gasteiger partial charge in [0.1, 0.15) is 5.75 Å². The summed E-state index contributed by atoms with van der Waals surface area (Å²) in [5, 5.41) is 8.30. The SMILES string of the molecule is CN=C(NCc1ccccc1OCC(F)(F)F)NCc1sccc1C.I. The maximum absolute atomic E-state index is 12.3. The van der Waals surface area contributed by atoms with Crippen molar-refractivity contribution in [3.05, 3.63) is 51.7 Å². The molecule has 1 aromatic heterocycles. The summed E-state index contributed by atoms with van der Waals surface area (Å²) in [6, 6.07) is 8.68. The van der Waals surface area contributed by atoms with Gasteiger partial charge in [-0.15, -0.1) is 35.3 Å². The van der Waals surface area contributed by atoms with Gasteiger partial charge in [-0.05, 0) is 30.0 Å². The quantitative estimate of drug-likeness (QED) is 0.350. The molecule has 1 heterocycles. The van der Waals surface area contributed by atoms with Crippen LogP contribution in [0.25, 0.3) is 0 Å². The number of nitrogens with one attached hydrogen (secondary N) is 2. The highest BCUT2D eigenvalue weighted by Crippen LogP contribution is 2.22. The van der Waals surface area contributed by atoms with Gasteiger partial charge in [0, 0.05) is 24.0 Å². The number of aryl methyl sites for hydroxylation is 1. The van der Waals surface area contributed by atoms with E-state index >= 15 is 0 Å². The summed E-state index contributed by atoms with van der Waals surface area (Å²) < 4.78 is 41.9. The number of aliphatic imine (C=N–C) groups is 1. The Hall–Kier alpha value is -1.49. The molecule has 0 aliphatic heterocycles. The molecular weight excluding hydrogens is 478 g/mol. The van der Waals surface area contributed by atoms with Gasteiger partial charge in [0.2, 0.25) is 0 Å². The third kappa shape index (κ3) is 7.40. The molecule has 0 atom stereocenters. The Morgan fingerprint density at radius 3 is 2.46 bits per heavy atom. The third-order valence-electron chi connectivity index (χ3n) is 3.42. The lowest BCUT2D eigenvalue weighted by molar-refractivity contribution is -0.153. The number of nitrogens with zero attached hydrogens (tertiary/aromatic N) is 1. The van der Waals surface area contributed by atoms with Crippen LogP contribution in [0.3, 0.4) is 0 Å². The molecule has 0 fully saturated rings. The Morgan fingerprint density at radius 1 is 1.15 bits per heavy atom. The van der Waals surface area contributed by atoms with E-state index in [4.69, 9.17) is 4.74 Å². The first-order valence-electron chi connectivity index (χ1n) is 7.64. The predicted octanol–water partition coefficient (Wildman–Crippen LogP) is 4.48. The van der Waals surface area contributed by atoms with Crippen LogP contribution >= 0.6 is 35.3 Å². The molecule has 0 amide bonds. The van der Waals surface area contributed by atoms with Crippen molar-refractivity contribution in [3.8, 4) is 5.75 Å².